The van der Waals surface area contributed by atoms with E-state index in [1.165, 1.54) is 4.90 Å². The second kappa shape index (κ2) is 11.5. The molecule has 1 heterocycles. The highest BCUT2D eigenvalue weighted by Crippen LogP contribution is 2.16. The molecule has 0 radical (unpaired) electrons. The maximum Gasteiger partial charge on any atom is 0.309 e. The third-order valence-electron chi connectivity index (χ3n) is 5.65. The number of benzene rings is 2. The van der Waals surface area contributed by atoms with Gasteiger partial charge in [0.2, 0.25) is 0 Å². The van der Waals surface area contributed by atoms with Gasteiger partial charge < -0.3 is 25.2 Å². The molecule has 166 valence electrons. The summed E-state index contributed by atoms with van der Waals surface area (Å²) in [5, 5.41) is 5.55. The number of amides is 2. The third kappa shape index (κ3) is 6.80. The van der Waals surface area contributed by atoms with Crippen LogP contribution in [0.3, 0.4) is 0 Å². The van der Waals surface area contributed by atoms with Gasteiger partial charge in [0.25, 0.3) is 0 Å². The highest BCUT2D eigenvalue weighted by Gasteiger charge is 2.27. The summed E-state index contributed by atoms with van der Waals surface area (Å²) in [5.41, 5.74) is 3.40. The molecule has 1 aliphatic rings. The lowest BCUT2D eigenvalue weighted by Crippen LogP contribution is -3.15. The zero-order valence-electron chi connectivity index (χ0n) is 18.4. The molecule has 3 rings (SSSR count). The minimum absolute atomic E-state index is 0.0705. The largest absolute Gasteiger partial charge is 0.378 e. The molecule has 2 aromatic rings. The average Bonchev–Trinajstić information content (AvgIpc) is 2.80. The number of rotatable bonds is 8. The number of carbonyl (C=O) groups excluding carboxylic acids is 2. The van der Waals surface area contributed by atoms with E-state index in [2.05, 4.69) is 39.8 Å². The van der Waals surface area contributed by atoms with Gasteiger partial charge in [-0.25, -0.2) is 0 Å². The fourth-order valence-electron chi connectivity index (χ4n) is 3.81. The van der Waals surface area contributed by atoms with E-state index in [9.17, 15) is 9.59 Å². The van der Waals surface area contributed by atoms with Crippen LogP contribution in [0.1, 0.15) is 17.2 Å². The number of nitrogens with zero attached hydrogens (tertiary/aromatic N) is 1. The second-order valence-corrected chi connectivity index (χ2v) is 8.01. The smallest absolute Gasteiger partial charge is 0.309 e. The molecule has 2 amide bonds. The van der Waals surface area contributed by atoms with Gasteiger partial charge in [-0.2, -0.15) is 0 Å². The molecule has 1 fully saturated rings. The fraction of sp³-hybridized carbons (Fsp3) is 0.417. The molecule has 1 atom stereocenters. The van der Waals surface area contributed by atoms with E-state index in [-0.39, 0.29) is 6.04 Å². The van der Waals surface area contributed by atoms with Crippen LogP contribution in [0.2, 0.25) is 0 Å². The molecule has 0 spiro atoms. The minimum atomic E-state index is -0.588. The van der Waals surface area contributed by atoms with Gasteiger partial charge in [0.05, 0.1) is 19.8 Å². The molecule has 3 N–H and O–H groups in total. The summed E-state index contributed by atoms with van der Waals surface area (Å²) in [7, 11) is 4.02. The molecule has 0 aliphatic carbocycles. The SMILES string of the molecule is CN(C)c1ccc([C@@H](CNC(=O)C(=O)NCCc2ccccc2)[NH+]2CCOCC2)cc1. The van der Waals surface area contributed by atoms with Crippen molar-refractivity contribution < 1.29 is 19.2 Å². The molecule has 31 heavy (non-hydrogen) atoms. The van der Waals surface area contributed by atoms with E-state index in [4.69, 9.17) is 4.74 Å². The zero-order valence-corrected chi connectivity index (χ0v) is 18.4. The van der Waals surface area contributed by atoms with Gasteiger partial charge >= 0.3 is 11.8 Å². The van der Waals surface area contributed by atoms with Gasteiger partial charge in [0.1, 0.15) is 19.1 Å². The molecule has 0 saturated carbocycles. The molecule has 0 unspecified atom stereocenters. The number of hydrogen-bond donors (Lipinski definition) is 3. The molecule has 7 heteroatoms. The van der Waals surface area contributed by atoms with Crippen molar-refractivity contribution in [2.75, 3.05) is 58.4 Å². The van der Waals surface area contributed by atoms with Gasteiger partial charge in [-0.1, -0.05) is 42.5 Å². The number of hydrogen-bond acceptors (Lipinski definition) is 4. The van der Waals surface area contributed by atoms with Crippen LogP contribution in [0.25, 0.3) is 0 Å². The standard InChI is InChI=1S/C24H32N4O3/c1-27(2)21-10-8-20(9-11-21)22(28-14-16-31-17-15-28)18-26-24(30)23(29)25-13-12-19-6-4-3-5-7-19/h3-11,22H,12-18H2,1-2H3,(H,25,29)(H,26,30)/p+1/t22-/m1/s1. The molecule has 1 aliphatic heterocycles. The van der Waals surface area contributed by atoms with E-state index >= 15 is 0 Å². The maximum atomic E-state index is 12.4. The quantitative estimate of drug-likeness (QED) is 0.528. The predicted octanol–water partition coefficient (Wildman–Crippen LogP) is 0.184. The van der Waals surface area contributed by atoms with Crippen LogP contribution in [0.15, 0.2) is 54.6 Å². The van der Waals surface area contributed by atoms with Crippen molar-refractivity contribution in [3.63, 3.8) is 0 Å². The summed E-state index contributed by atoms with van der Waals surface area (Å²) in [6, 6.07) is 18.3. The van der Waals surface area contributed by atoms with Crippen molar-refractivity contribution in [1.29, 1.82) is 0 Å². The number of quaternary nitrogens is 1. The maximum absolute atomic E-state index is 12.4. The molecule has 2 aromatic carbocycles. The number of anilines is 1. The average molecular weight is 426 g/mol. The lowest BCUT2D eigenvalue weighted by molar-refractivity contribution is -0.937. The Labute approximate surface area is 184 Å². The van der Waals surface area contributed by atoms with Crippen LogP contribution < -0.4 is 20.4 Å². The van der Waals surface area contributed by atoms with Crippen LogP contribution in [0, 0.1) is 0 Å². The van der Waals surface area contributed by atoms with Gasteiger partial charge in [0, 0.05) is 31.9 Å². The monoisotopic (exact) mass is 425 g/mol. The van der Waals surface area contributed by atoms with Gasteiger partial charge in [0.15, 0.2) is 0 Å². The molecular formula is C24H33N4O3+. The minimum Gasteiger partial charge on any atom is -0.378 e. The molecule has 0 aromatic heterocycles. The van der Waals surface area contributed by atoms with Crippen LogP contribution >= 0.6 is 0 Å². The first-order valence-electron chi connectivity index (χ1n) is 10.8. The fourth-order valence-corrected chi connectivity index (χ4v) is 3.81. The van der Waals surface area contributed by atoms with Crippen molar-refractivity contribution >= 4 is 17.5 Å². The van der Waals surface area contributed by atoms with E-state index < -0.39 is 11.8 Å². The van der Waals surface area contributed by atoms with Gasteiger partial charge in [-0.3, -0.25) is 9.59 Å². The summed E-state index contributed by atoms with van der Waals surface area (Å²) in [6.45, 7) is 3.99. The summed E-state index contributed by atoms with van der Waals surface area (Å²) in [4.78, 5) is 28.0. The third-order valence-corrected chi connectivity index (χ3v) is 5.65. The summed E-state index contributed by atoms with van der Waals surface area (Å²) in [5.74, 6) is -1.18. The van der Waals surface area contributed by atoms with Crippen LogP contribution in [-0.2, 0) is 20.7 Å². The first-order chi connectivity index (χ1) is 15.0. The summed E-state index contributed by atoms with van der Waals surface area (Å²) >= 11 is 0. The van der Waals surface area contributed by atoms with Crippen molar-refractivity contribution in [2.24, 2.45) is 0 Å². The zero-order chi connectivity index (χ0) is 22.1. The van der Waals surface area contributed by atoms with E-state index in [0.29, 0.717) is 32.7 Å². The van der Waals surface area contributed by atoms with Crippen LogP contribution in [0.4, 0.5) is 5.69 Å². The van der Waals surface area contributed by atoms with Gasteiger partial charge in [-0.15, -0.1) is 0 Å². The molecule has 7 nitrogen and oxygen atoms in total. The highest BCUT2D eigenvalue weighted by molar-refractivity contribution is 6.35. The summed E-state index contributed by atoms with van der Waals surface area (Å²) < 4.78 is 5.50. The predicted molar refractivity (Wildman–Crippen MR) is 121 cm³/mol. The highest BCUT2D eigenvalue weighted by atomic mass is 16.5. The van der Waals surface area contributed by atoms with Crippen molar-refractivity contribution in [1.82, 2.24) is 10.6 Å². The lowest BCUT2D eigenvalue weighted by atomic mass is 10.0. The Morgan fingerprint density at radius 2 is 1.61 bits per heavy atom. The number of carbonyl (C=O) groups is 2. The normalized spacial score (nSPS) is 15.2. The Morgan fingerprint density at radius 1 is 0.968 bits per heavy atom. The summed E-state index contributed by atoms with van der Waals surface area (Å²) in [6.07, 6.45) is 0.693. The number of ether oxygens (including phenoxy) is 1. The van der Waals surface area contributed by atoms with Crippen LogP contribution in [0.5, 0.6) is 0 Å². The Morgan fingerprint density at radius 3 is 2.26 bits per heavy atom. The first kappa shape index (κ1) is 22.8. The molecule has 1 saturated heterocycles. The Kier molecular flexibility index (Phi) is 8.44. The van der Waals surface area contributed by atoms with E-state index in [0.717, 1.165) is 29.9 Å². The lowest BCUT2D eigenvalue weighted by Gasteiger charge is -2.32. The van der Waals surface area contributed by atoms with Crippen molar-refractivity contribution in [3.8, 4) is 0 Å². The Balaban J connectivity index is 1.56. The second-order valence-electron chi connectivity index (χ2n) is 8.01. The number of nitrogens with one attached hydrogen (secondary N) is 3. The Bertz CT molecular complexity index is 834. The molecule has 0 bridgehead atoms. The Hall–Kier alpha value is -2.90. The van der Waals surface area contributed by atoms with Crippen molar-refractivity contribution in [3.05, 3.63) is 65.7 Å². The topological polar surface area (TPSA) is 75.1 Å². The first-order valence-corrected chi connectivity index (χ1v) is 10.8. The number of morpholine rings is 1. The van der Waals surface area contributed by atoms with Crippen molar-refractivity contribution in [2.45, 2.75) is 12.5 Å². The van der Waals surface area contributed by atoms with Crippen LogP contribution in [-0.4, -0.2) is 65.3 Å². The van der Waals surface area contributed by atoms with E-state index in [1.54, 1.807) is 0 Å². The van der Waals surface area contributed by atoms with Gasteiger partial charge in [-0.05, 0) is 24.1 Å². The molecular weight excluding hydrogens is 392 g/mol. The van der Waals surface area contributed by atoms with E-state index in [1.807, 2.05) is 44.4 Å².